The molecule has 2 aromatic carbocycles. The first-order valence-corrected chi connectivity index (χ1v) is 9.69. The fraction of sp³-hybridized carbons (Fsp3) is 0.190. The molecule has 2 heterocycles. The third-order valence-electron chi connectivity index (χ3n) is 4.17. The van der Waals surface area contributed by atoms with Crippen molar-refractivity contribution in [2.24, 2.45) is 5.10 Å². The van der Waals surface area contributed by atoms with Gasteiger partial charge in [-0.25, -0.2) is 4.98 Å². The number of hydrazone groups is 1. The molecule has 7 heteroatoms. The first-order chi connectivity index (χ1) is 13.6. The highest BCUT2D eigenvalue weighted by Crippen LogP contribution is 2.31. The first-order valence-electron chi connectivity index (χ1n) is 8.87. The largest absolute Gasteiger partial charge is 0.494 e. The third kappa shape index (κ3) is 3.89. The van der Waals surface area contributed by atoms with Crippen LogP contribution in [0.25, 0.3) is 10.2 Å². The number of aryl methyl sites for hydroxylation is 2. The number of carbonyl (C=O) groups excluding carboxylic acids is 1. The molecule has 1 aliphatic heterocycles. The van der Waals surface area contributed by atoms with Gasteiger partial charge >= 0.3 is 5.91 Å². The van der Waals surface area contributed by atoms with E-state index in [-0.39, 0.29) is 5.76 Å². The molecule has 6 nitrogen and oxygen atoms in total. The number of benzene rings is 2. The fourth-order valence-corrected chi connectivity index (χ4v) is 3.68. The Morgan fingerprint density at radius 2 is 1.93 bits per heavy atom. The molecule has 1 aliphatic rings. The maximum atomic E-state index is 13.0. The van der Waals surface area contributed by atoms with Crippen LogP contribution in [0.1, 0.15) is 16.7 Å². The van der Waals surface area contributed by atoms with E-state index in [9.17, 15) is 4.79 Å². The van der Waals surface area contributed by atoms with Gasteiger partial charge < -0.3 is 9.47 Å². The highest BCUT2D eigenvalue weighted by molar-refractivity contribution is 7.22. The van der Waals surface area contributed by atoms with Gasteiger partial charge in [0.05, 0.1) is 16.4 Å². The van der Waals surface area contributed by atoms with Crippen LogP contribution in [0.4, 0.5) is 5.13 Å². The summed E-state index contributed by atoms with van der Waals surface area (Å²) in [5, 5.41) is 6.16. The van der Waals surface area contributed by atoms with Gasteiger partial charge in [-0.3, -0.25) is 4.79 Å². The molecule has 0 fully saturated rings. The number of amides is 1. The Bertz CT molecular complexity index is 1070. The molecular weight excluding hydrogens is 374 g/mol. The van der Waals surface area contributed by atoms with Gasteiger partial charge in [-0.2, -0.15) is 10.1 Å². The Balaban J connectivity index is 1.72. The second kappa shape index (κ2) is 7.82. The number of anilines is 1. The first kappa shape index (κ1) is 18.2. The van der Waals surface area contributed by atoms with Crippen LogP contribution >= 0.6 is 11.3 Å². The summed E-state index contributed by atoms with van der Waals surface area (Å²) in [5.74, 6) is -0.304. The molecule has 1 aromatic heterocycles. The number of carbonyl (C=O) groups is 1. The monoisotopic (exact) mass is 393 g/mol. The normalized spacial score (nSPS) is 13.9. The Kier molecular flexibility index (Phi) is 5.08. The molecule has 0 spiro atoms. The van der Waals surface area contributed by atoms with E-state index >= 15 is 0 Å². The van der Waals surface area contributed by atoms with Gasteiger partial charge in [-0.1, -0.05) is 47.2 Å². The minimum absolute atomic E-state index is 0.114. The lowest BCUT2D eigenvalue weighted by molar-refractivity contribution is -0.119. The molecule has 3 aromatic rings. The van der Waals surface area contributed by atoms with Crippen LogP contribution in [0.3, 0.4) is 0 Å². The van der Waals surface area contributed by atoms with Gasteiger partial charge in [0, 0.05) is 0 Å². The fourth-order valence-electron chi connectivity index (χ4n) is 2.66. The van der Waals surface area contributed by atoms with Crippen molar-refractivity contribution < 1.29 is 14.3 Å². The van der Waals surface area contributed by atoms with E-state index < -0.39 is 5.91 Å². The topological polar surface area (TPSA) is 64.0 Å². The molecule has 0 radical (unpaired) electrons. The molecule has 0 bridgehead atoms. The molecule has 0 atom stereocenters. The SMILES string of the molecule is Cc1ccc(/C=N\N(C(=O)C2=COCCO2)c2nc3ccc(C)cc3s2)cc1. The maximum absolute atomic E-state index is 13.0. The molecule has 0 N–H and O–H groups in total. The molecule has 28 heavy (non-hydrogen) atoms. The van der Waals surface area contributed by atoms with E-state index in [0.29, 0.717) is 18.3 Å². The molecular formula is C21H19N3O3S. The lowest BCUT2D eigenvalue weighted by Gasteiger charge is -2.19. The number of ether oxygens (including phenoxy) is 2. The van der Waals surface area contributed by atoms with Crippen LogP contribution in [0.15, 0.2) is 59.6 Å². The second-order valence-corrected chi connectivity index (χ2v) is 7.45. The number of aromatic nitrogens is 1. The average molecular weight is 393 g/mol. The molecule has 0 saturated heterocycles. The highest BCUT2D eigenvalue weighted by Gasteiger charge is 2.26. The van der Waals surface area contributed by atoms with E-state index in [4.69, 9.17) is 9.47 Å². The zero-order valence-corrected chi connectivity index (χ0v) is 16.4. The Morgan fingerprint density at radius 3 is 2.68 bits per heavy atom. The maximum Gasteiger partial charge on any atom is 0.319 e. The lowest BCUT2D eigenvalue weighted by Crippen LogP contribution is -2.30. The van der Waals surface area contributed by atoms with Crippen molar-refractivity contribution in [1.29, 1.82) is 0 Å². The van der Waals surface area contributed by atoms with Crippen molar-refractivity contribution in [1.82, 2.24) is 4.98 Å². The summed E-state index contributed by atoms with van der Waals surface area (Å²) in [5.41, 5.74) is 4.00. The third-order valence-corrected chi connectivity index (χ3v) is 5.16. The van der Waals surface area contributed by atoms with E-state index in [1.165, 1.54) is 22.6 Å². The summed E-state index contributed by atoms with van der Waals surface area (Å²) in [6.45, 7) is 4.79. The predicted octanol–water partition coefficient (Wildman–Crippen LogP) is 4.17. The van der Waals surface area contributed by atoms with Crippen molar-refractivity contribution in [3.05, 3.63) is 71.2 Å². The van der Waals surface area contributed by atoms with Crippen molar-refractivity contribution in [2.45, 2.75) is 13.8 Å². The van der Waals surface area contributed by atoms with Crippen LogP contribution in [-0.4, -0.2) is 30.3 Å². The smallest absolute Gasteiger partial charge is 0.319 e. The van der Waals surface area contributed by atoms with Crippen molar-refractivity contribution in [3.63, 3.8) is 0 Å². The number of hydrogen-bond donors (Lipinski definition) is 0. The van der Waals surface area contributed by atoms with Crippen LogP contribution in [0.2, 0.25) is 0 Å². The molecule has 0 aliphatic carbocycles. The number of nitrogens with zero attached hydrogens (tertiary/aromatic N) is 3. The lowest BCUT2D eigenvalue weighted by atomic mass is 10.2. The number of thiazole rings is 1. The van der Waals surface area contributed by atoms with E-state index in [1.807, 2.05) is 56.3 Å². The zero-order valence-electron chi connectivity index (χ0n) is 15.6. The van der Waals surface area contributed by atoms with Gasteiger partial charge in [0.15, 0.2) is 0 Å². The summed E-state index contributed by atoms with van der Waals surface area (Å²) in [6, 6.07) is 13.9. The summed E-state index contributed by atoms with van der Waals surface area (Å²) in [4.78, 5) is 17.6. The predicted molar refractivity (Wildman–Crippen MR) is 111 cm³/mol. The van der Waals surface area contributed by atoms with Crippen LogP contribution < -0.4 is 5.01 Å². The summed E-state index contributed by atoms with van der Waals surface area (Å²) >= 11 is 1.41. The van der Waals surface area contributed by atoms with E-state index in [1.54, 1.807) is 6.21 Å². The molecule has 4 rings (SSSR count). The molecule has 142 valence electrons. The van der Waals surface area contributed by atoms with Crippen LogP contribution in [-0.2, 0) is 14.3 Å². The van der Waals surface area contributed by atoms with Gasteiger partial charge in [0.2, 0.25) is 10.9 Å². The summed E-state index contributed by atoms with van der Waals surface area (Å²) in [7, 11) is 0. The average Bonchev–Trinajstić information content (AvgIpc) is 3.13. The molecule has 0 saturated carbocycles. The van der Waals surface area contributed by atoms with Crippen molar-refractivity contribution in [3.8, 4) is 0 Å². The second-order valence-electron chi connectivity index (χ2n) is 6.44. The van der Waals surface area contributed by atoms with Gasteiger partial charge in [0.1, 0.15) is 19.5 Å². The highest BCUT2D eigenvalue weighted by atomic mass is 32.1. The van der Waals surface area contributed by atoms with E-state index in [0.717, 1.165) is 26.9 Å². The molecule has 1 amide bonds. The van der Waals surface area contributed by atoms with Crippen LogP contribution in [0.5, 0.6) is 0 Å². The number of rotatable bonds is 4. The minimum Gasteiger partial charge on any atom is -0.494 e. The van der Waals surface area contributed by atoms with Gasteiger partial charge in [0.25, 0.3) is 0 Å². The summed E-state index contributed by atoms with van der Waals surface area (Å²) in [6.07, 6.45) is 2.97. The number of fused-ring (bicyclic) bond motifs is 1. The van der Waals surface area contributed by atoms with Crippen molar-refractivity contribution in [2.75, 3.05) is 18.2 Å². The van der Waals surface area contributed by atoms with Crippen LogP contribution in [0, 0.1) is 13.8 Å². The Morgan fingerprint density at radius 1 is 1.14 bits per heavy atom. The molecule has 0 unspecified atom stereocenters. The Labute approximate surface area is 166 Å². The van der Waals surface area contributed by atoms with Gasteiger partial charge in [-0.15, -0.1) is 0 Å². The number of hydrogen-bond acceptors (Lipinski definition) is 6. The van der Waals surface area contributed by atoms with Gasteiger partial charge in [-0.05, 0) is 37.1 Å². The van der Waals surface area contributed by atoms with E-state index in [2.05, 4.69) is 10.1 Å². The Hall–Kier alpha value is -3.19. The summed E-state index contributed by atoms with van der Waals surface area (Å²) < 4.78 is 11.7. The van der Waals surface area contributed by atoms with Crippen molar-refractivity contribution >= 4 is 38.8 Å². The minimum atomic E-state index is -0.418. The quantitative estimate of drug-likeness (QED) is 0.493. The zero-order chi connectivity index (χ0) is 19.5. The standard InChI is InChI=1S/C21H19N3O3S/c1-14-3-6-16(7-4-14)12-22-24(20(25)18-13-26-9-10-27-18)21-23-17-8-5-15(2)11-19(17)28-21/h3-8,11-13H,9-10H2,1-2H3/b22-12-.